The van der Waals surface area contributed by atoms with Crippen molar-refractivity contribution >= 4 is 18.1 Å². The summed E-state index contributed by atoms with van der Waals surface area (Å²) in [6.07, 6.45) is -0.680. The fraction of sp³-hybridized carbons (Fsp3) is 0.692. The summed E-state index contributed by atoms with van der Waals surface area (Å²) >= 11 is 0. The summed E-state index contributed by atoms with van der Waals surface area (Å²) < 4.78 is 43.1. The summed E-state index contributed by atoms with van der Waals surface area (Å²) in [6.45, 7) is 11.5. The number of carbonyl (C=O) groups excluding carboxylic acids is 2. The second-order valence-electron chi connectivity index (χ2n) is 9.37. The largest absolute Gasteiger partial charge is 0.492 e. The van der Waals surface area contributed by atoms with Crippen molar-refractivity contribution in [3.63, 3.8) is 0 Å². The lowest BCUT2D eigenvalue weighted by atomic mass is 10.0. The number of carbonyl (C=O) groups is 2. The molecule has 1 aromatic carbocycles. The highest BCUT2D eigenvalue weighted by Gasteiger charge is 2.28. The molecule has 0 spiro atoms. The highest BCUT2D eigenvalue weighted by Crippen LogP contribution is 2.27. The van der Waals surface area contributed by atoms with Crippen LogP contribution < -0.4 is 10.1 Å². The maximum Gasteiger partial charge on any atom is 0.410 e. The lowest BCUT2D eigenvalue weighted by Crippen LogP contribution is -2.54. The van der Waals surface area contributed by atoms with Crippen LogP contribution in [0.25, 0.3) is 0 Å². The van der Waals surface area contributed by atoms with Gasteiger partial charge in [0.05, 0.1) is 13.2 Å². The van der Waals surface area contributed by atoms with Crippen LogP contribution in [0.1, 0.15) is 46.1 Å². The highest BCUT2D eigenvalue weighted by molar-refractivity contribution is 5.71. The molecule has 1 aromatic rings. The fourth-order valence-electron chi connectivity index (χ4n) is 4.05. The first-order valence-electron chi connectivity index (χ1n) is 12.7. The molecule has 204 valence electrons. The van der Waals surface area contributed by atoms with Gasteiger partial charge in [0.15, 0.2) is 0 Å². The zero-order chi connectivity index (χ0) is 26.6. The third kappa shape index (κ3) is 9.54. The molecule has 0 radical (unpaired) electrons. The Morgan fingerprint density at radius 3 is 2.69 bits per heavy atom. The summed E-state index contributed by atoms with van der Waals surface area (Å²) in [5.41, 5.74) is -0.0578. The number of ether oxygens (including phenoxy) is 3. The van der Waals surface area contributed by atoms with Crippen molar-refractivity contribution in [2.24, 2.45) is 0 Å². The number of aldehydes is 1. The number of unbranched alkanes of at least 4 members (excludes halogenated alkanes) is 1. The molecule has 0 saturated carbocycles. The van der Waals surface area contributed by atoms with Crippen molar-refractivity contribution in [1.29, 1.82) is 0 Å². The van der Waals surface area contributed by atoms with Crippen LogP contribution in [-0.4, -0.2) is 92.8 Å². The van der Waals surface area contributed by atoms with E-state index in [-0.39, 0.29) is 18.7 Å². The maximum absolute atomic E-state index is 13.3. The summed E-state index contributed by atoms with van der Waals surface area (Å²) in [7, 11) is 0. The predicted molar refractivity (Wildman–Crippen MR) is 135 cm³/mol. The normalized spacial score (nSPS) is 18.1. The van der Waals surface area contributed by atoms with Gasteiger partial charge in [-0.2, -0.15) is 0 Å². The van der Waals surface area contributed by atoms with Gasteiger partial charge in [-0.25, -0.2) is 13.6 Å². The molecule has 1 fully saturated rings. The molecule has 1 amide bonds. The minimum Gasteiger partial charge on any atom is -0.492 e. The molecule has 8 nitrogen and oxygen atoms in total. The number of nitrogens with one attached hydrogen (secondary N) is 1. The second-order valence-corrected chi connectivity index (χ2v) is 9.37. The second kappa shape index (κ2) is 14.9. The Hall–Kier alpha value is -2.46. The molecule has 0 aliphatic carbocycles. The van der Waals surface area contributed by atoms with E-state index in [1.807, 2.05) is 20.8 Å². The molecule has 1 N–H and O–H groups in total. The molecule has 1 aliphatic rings. The quantitative estimate of drug-likeness (QED) is 0.278. The maximum atomic E-state index is 13.3. The Morgan fingerprint density at radius 2 is 2.06 bits per heavy atom. The SMILES string of the molecule is CCCCOC(=O)N1CCN(CCOc2ccc(NC(C)(C=O)COCC)cc2CC(F)F)CC1C. The van der Waals surface area contributed by atoms with Gasteiger partial charge in [0.25, 0.3) is 0 Å². The number of anilines is 1. The topological polar surface area (TPSA) is 80.3 Å². The van der Waals surface area contributed by atoms with Gasteiger partial charge in [0.2, 0.25) is 6.43 Å². The molecule has 0 aromatic heterocycles. The van der Waals surface area contributed by atoms with Crippen molar-refractivity contribution in [2.45, 2.75) is 65.0 Å². The Kier molecular flexibility index (Phi) is 12.4. The van der Waals surface area contributed by atoms with E-state index in [9.17, 15) is 18.4 Å². The van der Waals surface area contributed by atoms with Crippen molar-refractivity contribution in [3.8, 4) is 5.75 Å². The van der Waals surface area contributed by atoms with Crippen molar-refractivity contribution in [2.75, 3.05) is 57.9 Å². The standard InChI is InChI=1S/C26H41F2N3O5/c1-5-7-13-36-25(33)31-11-10-30(17-20(31)3)12-14-35-23-9-8-22(15-21(23)16-24(27)28)29-26(4,18-32)19-34-6-2/h8-9,15,18,20,24,29H,5-7,10-14,16-17,19H2,1-4H3. The number of piperazine rings is 1. The Balaban J connectivity index is 1.93. The van der Waals surface area contributed by atoms with Crippen molar-refractivity contribution in [1.82, 2.24) is 9.80 Å². The van der Waals surface area contributed by atoms with Gasteiger partial charge in [-0.3, -0.25) is 4.90 Å². The third-order valence-corrected chi connectivity index (χ3v) is 6.07. The van der Waals surface area contributed by atoms with Crippen LogP contribution in [-0.2, 0) is 20.7 Å². The van der Waals surface area contributed by atoms with Crippen LogP contribution in [0.4, 0.5) is 19.3 Å². The van der Waals surface area contributed by atoms with E-state index >= 15 is 0 Å². The first-order chi connectivity index (χ1) is 17.2. The number of hydrogen-bond donors (Lipinski definition) is 1. The summed E-state index contributed by atoms with van der Waals surface area (Å²) in [5.74, 6) is 0.393. The van der Waals surface area contributed by atoms with Gasteiger partial charge >= 0.3 is 6.09 Å². The molecule has 2 unspecified atom stereocenters. The minimum absolute atomic E-state index is 0.0106. The average molecular weight is 514 g/mol. The molecule has 1 heterocycles. The fourth-order valence-corrected chi connectivity index (χ4v) is 4.05. The van der Waals surface area contributed by atoms with Crippen LogP contribution in [0.15, 0.2) is 18.2 Å². The van der Waals surface area contributed by atoms with Crippen LogP contribution in [0.3, 0.4) is 0 Å². The summed E-state index contributed by atoms with van der Waals surface area (Å²) in [5, 5.41) is 3.08. The molecular formula is C26H41F2N3O5. The van der Waals surface area contributed by atoms with E-state index in [2.05, 4.69) is 10.2 Å². The first kappa shape index (κ1) is 29.8. The van der Waals surface area contributed by atoms with Gasteiger partial charge in [-0.15, -0.1) is 0 Å². The van der Waals surface area contributed by atoms with E-state index in [0.29, 0.717) is 63.0 Å². The number of nitrogens with zero attached hydrogens (tertiary/aromatic N) is 2. The minimum atomic E-state index is -2.53. The average Bonchev–Trinajstić information content (AvgIpc) is 2.84. The monoisotopic (exact) mass is 513 g/mol. The number of amides is 1. The summed E-state index contributed by atoms with van der Waals surface area (Å²) in [4.78, 5) is 27.8. The molecule has 0 bridgehead atoms. The smallest absolute Gasteiger partial charge is 0.410 e. The van der Waals surface area contributed by atoms with Gasteiger partial charge in [-0.1, -0.05) is 13.3 Å². The number of benzene rings is 1. The number of halogens is 2. The third-order valence-electron chi connectivity index (χ3n) is 6.07. The zero-order valence-electron chi connectivity index (χ0n) is 21.9. The van der Waals surface area contributed by atoms with Crippen molar-refractivity contribution in [3.05, 3.63) is 23.8 Å². The van der Waals surface area contributed by atoms with E-state index in [1.165, 1.54) is 0 Å². The lowest BCUT2D eigenvalue weighted by Gasteiger charge is -2.39. The summed E-state index contributed by atoms with van der Waals surface area (Å²) in [6, 6.07) is 4.97. The van der Waals surface area contributed by atoms with Gasteiger partial charge in [-0.05, 0) is 45.4 Å². The molecule has 1 saturated heterocycles. The highest BCUT2D eigenvalue weighted by atomic mass is 19.3. The first-order valence-corrected chi connectivity index (χ1v) is 12.7. The predicted octanol–water partition coefficient (Wildman–Crippen LogP) is 4.22. The molecule has 1 aliphatic heterocycles. The Bertz CT molecular complexity index is 829. The lowest BCUT2D eigenvalue weighted by molar-refractivity contribution is -0.112. The van der Waals surface area contributed by atoms with Crippen LogP contribution in [0.2, 0.25) is 0 Å². The molecule has 2 rings (SSSR count). The van der Waals surface area contributed by atoms with E-state index in [4.69, 9.17) is 14.2 Å². The van der Waals surface area contributed by atoms with Gasteiger partial charge in [0, 0.05) is 56.5 Å². The molecule has 10 heteroatoms. The van der Waals surface area contributed by atoms with E-state index in [0.717, 1.165) is 19.1 Å². The molecule has 36 heavy (non-hydrogen) atoms. The van der Waals surface area contributed by atoms with Crippen LogP contribution in [0, 0.1) is 0 Å². The Morgan fingerprint density at radius 1 is 1.28 bits per heavy atom. The van der Waals surface area contributed by atoms with E-state index in [1.54, 1.807) is 30.0 Å². The van der Waals surface area contributed by atoms with E-state index < -0.39 is 18.4 Å². The van der Waals surface area contributed by atoms with Gasteiger partial charge in [0.1, 0.15) is 24.2 Å². The zero-order valence-corrected chi connectivity index (χ0v) is 21.9. The molecular weight excluding hydrogens is 472 g/mol. The number of alkyl halides is 2. The number of hydrogen-bond acceptors (Lipinski definition) is 7. The molecule has 2 atom stereocenters. The van der Waals surface area contributed by atoms with Crippen molar-refractivity contribution < 1.29 is 32.6 Å². The van der Waals surface area contributed by atoms with Crippen LogP contribution in [0.5, 0.6) is 5.75 Å². The van der Waals surface area contributed by atoms with Crippen LogP contribution >= 0.6 is 0 Å². The van der Waals surface area contributed by atoms with Gasteiger partial charge < -0.3 is 29.2 Å². The Labute approximate surface area is 213 Å². The number of rotatable bonds is 15.